The summed E-state index contributed by atoms with van der Waals surface area (Å²) in [5.41, 5.74) is 0.875. The van der Waals surface area contributed by atoms with Crippen molar-refractivity contribution in [3.63, 3.8) is 0 Å². The maximum absolute atomic E-state index is 14.2. The van der Waals surface area contributed by atoms with Crippen LogP contribution in [0.2, 0.25) is 0 Å². The largest absolute Gasteiger partial charge is 0.445 e. The second-order valence-electron chi connectivity index (χ2n) is 6.63. The third-order valence-electron chi connectivity index (χ3n) is 4.41. The minimum Gasteiger partial charge on any atom is -0.445 e. The Bertz CT molecular complexity index is 1030. The smallest absolute Gasteiger partial charge is 0.407 e. The average molecular weight is 451 g/mol. The molecule has 2 aromatic carbocycles. The van der Waals surface area contributed by atoms with Gasteiger partial charge in [0.2, 0.25) is 15.9 Å². The van der Waals surface area contributed by atoms with E-state index < -0.39 is 39.3 Å². The Morgan fingerprint density at radius 1 is 1.10 bits per heavy atom. The second kappa shape index (κ2) is 10.3. The molecule has 9 nitrogen and oxygen atoms in total. The number of amides is 2. The van der Waals surface area contributed by atoms with Crippen molar-refractivity contribution >= 4 is 27.7 Å². The molecule has 166 valence electrons. The molecule has 0 atom stereocenters. The Morgan fingerprint density at radius 2 is 1.81 bits per heavy atom. The average Bonchev–Trinajstić information content (AvgIpc) is 2.78. The van der Waals surface area contributed by atoms with Crippen molar-refractivity contribution in [1.29, 1.82) is 0 Å². The van der Waals surface area contributed by atoms with Crippen molar-refractivity contribution in [3.05, 3.63) is 59.9 Å². The maximum atomic E-state index is 14.2. The van der Waals surface area contributed by atoms with Crippen molar-refractivity contribution in [2.45, 2.75) is 11.5 Å². The number of alkyl carbamates (subject to hydrolysis) is 1. The lowest BCUT2D eigenvalue weighted by Gasteiger charge is -2.26. The predicted octanol–water partition coefficient (Wildman–Crippen LogP) is 1.71. The van der Waals surface area contributed by atoms with Crippen molar-refractivity contribution in [2.75, 3.05) is 38.2 Å². The van der Waals surface area contributed by atoms with E-state index in [4.69, 9.17) is 9.47 Å². The van der Waals surface area contributed by atoms with E-state index >= 15 is 0 Å². The van der Waals surface area contributed by atoms with Crippen LogP contribution in [-0.2, 0) is 30.9 Å². The molecule has 0 unspecified atom stereocenters. The summed E-state index contributed by atoms with van der Waals surface area (Å²) in [5.74, 6) is -1.55. The van der Waals surface area contributed by atoms with Crippen LogP contribution in [-0.4, -0.2) is 57.6 Å². The van der Waals surface area contributed by atoms with Crippen LogP contribution >= 0.6 is 0 Å². The van der Waals surface area contributed by atoms with E-state index in [1.807, 2.05) is 6.07 Å². The molecular weight excluding hydrogens is 429 g/mol. The number of benzene rings is 2. The first-order chi connectivity index (χ1) is 14.9. The van der Waals surface area contributed by atoms with E-state index in [0.717, 1.165) is 22.0 Å². The minimum absolute atomic E-state index is 0.0506. The number of carbonyl (C=O) groups is 2. The molecule has 2 amide bonds. The van der Waals surface area contributed by atoms with Gasteiger partial charge in [0, 0.05) is 18.8 Å². The Morgan fingerprint density at radius 3 is 2.52 bits per heavy atom. The van der Waals surface area contributed by atoms with Gasteiger partial charge in [-0.2, -0.15) is 4.31 Å². The zero-order valence-electron chi connectivity index (χ0n) is 16.5. The quantitative estimate of drug-likeness (QED) is 0.663. The van der Waals surface area contributed by atoms with Crippen molar-refractivity contribution < 1.29 is 31.9 Å². The molecule has 11 heteroatoms. The molecule has 1 aliphatic heterocycles. The summed E-state index contributed by atoms with van der Waals surface area (Å²) in [6.07, 6.45) is -0.784. The van der Waals surface area contributed by atoms with E-state index in [9.17, 15) is 22.4 Å². The normalized spacial score (nSPS) is 14.6. The lowest BCUT2D eigenvalue weighted by atomic mass is 10.2. The molecule has 1 fully saturated rings. The zero-order valence-corrected chi connectivity index (χ0v) is 17.4. The maximum Gasteiger partial charge on any atom is 0.407 e. The molecule has 0 spiro atoms. The summed E-state index contributed by atoms with van der Waals surface area (Å²) in [7, 11) is -4.07. The van der Waals surface area contributed by atoms with Crippen LogP contribution in [0.15, 0.2) is 53.4 Å². The van der Waals surface area contributed by atoms with Gasteiger partial charge in [-0.3, -0.25) is 4.79 Å². The van der Waals surface area contributed by atoms with Crippen LogP contribution in [0.25, 0.3) is 0 Å². The number of nitrogens with zero attached hydrogens (tertiary/aromatic N) is 1. The zero-order chi connectivity index (χ0) is 22.3. The molecule has 1 heterocycles. The lowest BCUT2D eigenvalue weighted by molar-refractivity contribution is -0.115. The molecule has 2 N–H and O–H groups in total. The molecule has 0 bridgehead atoms. The summed E-state index contributed by atoms with van der Waals surface area (Å²) in [4.78, 5) is 23.3. The summed E-state index contributed by atoms with van der Waals surface area (Å²) in [6.45, 7) is 0.332. The standard InChI is InChI=1S/C20H22FN3O6S/c21-17-7-6-16(12-18(17)31(27,28)24-8-10-29-11-9-24)23-19(25)13-22-20(26)30-14-15-4-2-1-3-5-15/h1-7,12H,8-11,13-14H2,(H,22,26)(H,23,25). The summed E-state index contributed by atoms with van der Waals surface area (Å²) >= 11 is 0. The van der Waals surface area contributed by atoms with Crippen LogP contribution in [0.4, 0.5) is 14.9 Å². The number of rotatable bonds is 7. The van der Waals surface area contributed by atoms with Gasteiger partial charge in [0.1, 0.15) is 23.9 Å². The monoisotopic (exact) mass is 451 g/mol. The number of carbonyl (C=O) groups excluding carboxylic acids is 2. The topological polar surface area (TPSA) is 114 Å². The Hall–Kier alpha value is -3.02. The van der Waals surface area contributed by atoms with Crippen LogP contribution in [0.1, 0.15) is 5.56 Å². The minimum atomic E-state index is -4.07. The first-order valence-electron chi connectivity index (χ1n) is 9.48. The third-order valence-corrected chi connectivity index (χ3v) is 6.32. The first-order valence-corrected chi connectivity index (χ1v) is 10.9. The summed E-state index contributed by atoms with van der Waals surface area (Å²) < 4.78 is 50.9. The fourth-order valence-electron chi connectivity index (χ4n) is 2.84. The number of ether oxygens (including phenoxy) is 2. The van der Waals surface area contributed by atoms with E-state index in [-0.39, 0.29) is 38.6 Å². The van der Waals surface area contributed by atoms with E-state index in [0.29, 0.717) is 0 Å². The SMILES string of the molecule is O=C(CNC(=O)OCc1ccccc1)Nc1ccc(F)c(S(=O)(=O)N2CCOCC2)c1. The highest BCUT2D eigenvalue weighted by molar-refractivity contribution is 7.89. The van der Waals surface area contributed by atoms with Crippen LogP contribution in [0.5, 0.6) is 0 Å². The van der Waals surface area contributed by atoms with Crippen LogP contribution in [0.3, 0.4) is 0 Å². The van der Waals surface area contributed by atoms with Crippen LogP contribution in [0, 0.1) is 5.82 Å². The number of morpholine rings is 1. The predicted molar refractivity (Wildman–Crippen MR) is 109 cm³/mol. The van der Waals surface area contributed by atoms with Crippen molar-refractivity contribution in [2.24, 2.45) is 0 Å². The molecule has 1 saturated heterocycles. The molecular formula is C20H22FN3O6S. The van der Waals surface area contributed by atoms with Gasteiger partial charge in [0.25, 0.3) is 0 Å². The van der Waals surface area contributed by atoms with Gasteiger partial charge in [-0.25, -0.2) is 17.6 Å². The number of hydrogen-bond acceptors (Lipinski definition) is 6. The van der Waals surface area contributed by atoms with Gasteiger partial charge in [0.05, 0.1) is 13.2 Å². The number of anilines is 1. The molecule has 0 aromatic heterocycles. The van der Waals surface area contributed by atoms with Gasteiger partial charge in [0.15, 0.2) is 0 Å². The molecule has 0 saturated carbocycles. The fraction of sp³-hybridized carbons (Fsp3) is 0.300. The molecule has 0 radical (unpaired) electrons. The third kappa shape index (κ3) is 6.23. The fourth-order valence-corrected chi connectivity index (χ4v) is 4.33. The molecule has 3 rings (SSSR count). The van der Waals surface area contributed by atoms with Gasteiger partial charge < -0.3 is 20.1 Å². The Balaban J connectivity index is 1.55. The first kappa shape index (κ1) is 22.7. The summed E-state index contributed by atoms with van der Waals surface area (Å²) in [6, 6.07) is 12.3. The number of halogens is 1. The van der Waals surface area contributed by atoms with Gasteiger partial charge in [-0.1, -0.05) is 30.3 Å². The van der Waals surface area contributed by atoms with E-state index in [1.54, 1.807) is 24.3 Å². The molecule has 0 aliphatic carbocycles. The molecule has 2 aromatic rings. The molecule has 1 aliphatic rings. The van der Waals surface area contributed by atoms with Crippen LogP contribution < -0.4 is 10.6 Å². The number of sulfonamides is 1. The highest BCUT2D eigenvalue weighted by Crippen LogP contribution is 2.23. The second-order valence-corrected chi connectivity index (χ2v) is 8.53. The summed E-state index contributed by atoms with van der Waals surface area (Å²) in [5, 5.41) is 4.72. The van der Waals surface area contributed by atoms with Gasteiger partial charge >= 0.3 is 6.09 Å². The van der Waals surface area contributed by atoms with E-state index in [1.165, 1.54) is 6.07 Å². The number of hydrogen-bond donors (Lipinski definition) is 2. The Labute approximate surface area is 179 Å². The van der Waals surface area contributed by atoms with E-state index in [2.05, 4.69) is 10.6 Å². The molecule has 31 heavy (non-hydrogen) atoms. The Kier molecular flexibility index (Phi) is 7.55. The van der Waals surface area contributed by atoms with Crippen molar-refractivity contribution in [1.82, 2.24) is 9.62 Å². The number of nitrogens with one attached hydrogen (secondary N) is 2. The van der Waals surface area contributed by atoms with Gasteiger partial charge in [-0.05, 0) is 23.8 Å². The van der Waals surface area contributed by atoms with Crippen molar-refractivity contribution in [3.8, 4) is 0 Å². The highest BCUT2D eigenvalue weighted by Gasteiger charge is 2.29. The highest BCUT2D eigenvalue weighted by atomic mass is 32.2. The lowest BCUT2D eigenvalue weighted by Crippen LogP contribution is -2.41. The van der Waals surface area contributed by atoms with Gasteiger partial charge in [-0.15, -0.1) is 0 Å².